The Balaban J connectivity index is 2.17. The molecule has 2 rings (SSSR count). The molecule has 0 aliphatic carbocycles. The van der Waals surface area contributed by atoms with E-state index < -0.39 is 0 Å². The first-order chi connectivity index (χ1) is 9.60. The average Bonchev–Trinajstić information content (AvgIpc) is 2.43. The predicted molar refractivity (Wildman–Crippen MR) is 80.4 cm³/mol. The quantitative estimate of drug-likeness (QED) is 0.937. The highest BCUT2D eigenvalue weighted by atomic mass is 79.9. The van der Waals surface area contributed by atoms with Crippen LogP contribution in [0.15, 0.2) is 41.0 Å². The van der Waals surface area contributed by atoms with Crippen LogP contribution >= 0.6 is 15.9 Å². The molecule has 1 amide bonds. The molecule has 100 valence electrons. The number of hydrogen-bond acceptors (Lipinski definition) is 3. The second-order valence-corrected chi connectivity index (χ2v) is 5.14. The maximum atomic E-state index is 12.1. The fourth-order valence-corrected chi connectivity index (χ4v) is 2.05. The van der Waals surface area contributed by atoms with Crippen LogP contribution in [0.25, 0.3) is 0 Å². The number of carbonyl (C=O) groups is 1. The summed E-state index contributed by atoms with van der Waals surface area (Å²) in [5.74, 6) is -0.220. The van der Waals surface area contributed by atoms with Crippen LogP contribution in [0.5, 0.6) is 0 Å². The van der Waals surface area contributed by atoms with E-state index in [1.165, 1.54) is 6.20 Å². The number of pyridine rings is 1. The molecule has 0 radical (unpaired) electrons. The summed E-state index contributed by atoms with van der Waals surface area (Å²) in [5, 5.41) is 11.5. The van der Waals surface area contributed by atoms with Gasteiger partial charge in [-0.25, -0.2) is 0 Å². The number of rotatable bonds is 3. The van der Waals surface area contributed by atoms with Gasteiger partial charge in [-0.3, -0.25) is 9.78 Å². The van der Waals surface area contributed by atoms with Crippen LogP contribution < -0.4 is 5.32 Å². The van der Waals surface area contributed by atoms with Gasteiger partial charge in [-0.2, -0.15) is 5.26 Å². The van der Waals surface area contributed by atoms with Crippen molar-refractivity contribution < 1.29 is 4.79 Å². The number of halogens is 1. The van der Waals surface area contributed by atoms with Gasteiger partial charge < -0.3 is 5.32 Å². The number of nitrogens with zero attached hydrogens (tertiary/aromatic N) is 2. The fraction of sp³-hybridized carbons (Fsp3) is 0.133. The smallest absolute Gasteiger partial charge is 0.255 e. The zero-order valence-corrected chi connectivity index (χ0v) is 12.4. The molecular formula is C15H12BrN3O. The molecule has 0 fully saturated rings. The molecule has 0 bridgehead atoms. The number of carbonyl (C=O) groups excluding carboxylic acids is 1. The van der Waals surface area contributed by atoms with Crippen molar-refractivity contribution in [2.75, 3.05) is 5.32 Å². The molecule has 5 heteroatoms. The van der Waals surface area contributed by atoms with E-state index in [0.717, 1.165) is 10.0 Å². The number of benzene rings is 1. The Morgan fingerprint density at radius 3 is 2.90 bits per heavy atom. The summed E-state index contributed by atoms with van der Waals surface area (Å²) in [6, 6.07) is 10.9. The maximum Gasteiger partial charge on any atom is 0.255 e. The molecule has 1 aromatic carbocycles. The van der Waals surface area contributed by atoms with Crippen LogP contribution in [-0.4, -0.2) is 10.9 Å². The van der Waals surface area contributed by atoms with E-state index in [1.54, 1.807) is 12.1 Å². The number of aromatic nitrogens is 1. The Bertz CT molecular complexity index is 692. The normalized spacial score (nSPS) is 9.85. The predicted octanol–water partition coefficient (Wildman–Crippen LogP) is 3.47. The Morgan fingerprint density at radius 1 is 1.40 bits per heavy atom. The van der Waals surface area contributed by atoms with Gasteiger partial charge in [0, 0.05) is 21.9 Å². The Hall–Kier alpha value is -2.19. The highest BCUT2D eigenvalue weighted by Crippen LogP contribution is 2.21. The second kappa shape index (κ2) is 6.31. The van der Waals surface area contributed by atoms with Gasteiger partial charge in [-0.05, 0) is 36.8 Å². The Morgan fingerprint density at radius 2 is 2.20 bits per heavy atom. The summed E-state index contributed by atoms with van der Waals surface area (Å²) >= 11 is 3.43. The molecule has 0 saturated heterocycles. The lowest BCUT2D eigenvalue weighted by molar-refractivity contribution is 0.102. The molecule has 2 aromatic rings. The van der Waals surface area contributed by atoms with Gasteiger partial charge in [0.25, 0.3) is 5.91 Å². The summed E-state index contributed by atoms with van der Waals surface area (Å²) in [6.45, 7) is 1.98. The van der Waals surface area contributed by atoms with Crippen molar-refractivity contribution in [3.05, 3.63) is 57.8 Å². The molecule has 1 aromatic heterocycles. The first kappa shape index (κ1) is 14.2. The molecule has 1 heterocycles. The van der Waals surface area contributed by atoms with Gasteiger partial charge in [0.15, 0.2) is 0 Å². The average molecular weight is 330 g/mol. The minimum atomic E-state index is -0.220. The lowest BCUT2D eigenvalue weighted by Crippen LogP contribution is -2.12. The van der Waals surface area contributed by atoms with Gasteiger partial charge in [-0.1, -0.05) is 22.0 Å². The van der Waals surface area contributed by atoms with E-state index in [-0.39, 0.29) is 12.3 Å². The van der Waals surface area contributed by atoms with Crippen molar-refractivity contribution in [1.82, 2.24) is 4.98 Å². The molecule has 0 unspecified atom stereocenters. The van der Waals surface area contributed by atoms with Crippen LogP contribution in [0.2, 0.25) is 0 Å². The fourth-order valence-electron chi connectivity index (χ4n) is 1.67. The summed E-state index contributed by atoms with van der Waals surface area (Å²) in [4.78, 5) is 16.2. The first-order valence-electron chi connectivity index (χ1n) is 5.99. The van der Waals surface area contributed by atoms with E-state index in [9.17, 15) is 4.79 Å². The molecule has 4 nitrogen and oxygen atoms in total. The SMILES string of the molecule is Cc1ccc(NC(=O)c2ccnc(CC#N)c2)cc1Br. The summed E-state index contributed by atoms with van der Waals surface area (Å²) in [5.41, 5.74) is 2.89. The monoisotopic (exact) mass is 329 g/mol. The molecule has 0 atom stereocenters. The van der Waals surface area contributed by atoms with Crippen molar-refractivity contribution >= 4 is 27.5 Å². The van der Waals surface area contributed by atoms with Gasteiger partial charge in [-0.15, -0.1) is 0 Å². The number of amides is 1. The Kier molecular flexibility index (Phi) is 4.49. The second-order valence-electron chi connectivity index (χ2n) is 4.29. The van der Waals surface area contributed by atoms with E-state index in [0.29, 0.717) is 16.9 Å². The maximum absolute atomic E-state index is 12.1. The minimum Gasteiger partial charge on any atom is -0.322 e. The van der Waals surface area contributed by atoms with Gasteiger partial charge >= 0.3 is 0 Å². The van der Waals surface area contributed by atoms with Crippen LogP contribution in [0, 0.1) is 18.3 Å². The van der Waals surface area contributed by atoms with Crippen molar-refractivity contribution in [2.24, 2.45) is 0 Å². The molecule has 0 saturated carbocycles. The number of nitrogens with one attached hydrogen (secondary N) is 1. The number of anilines is 1. The van der Waals surface area contributed by atoms with E-state index in [2.05, 4.69) is 26.2 Å². The van der Waals surface area contributed by atoms with Crippen molar-refractivity contribution in [3.63, 3.8) is 0 Å². The highest BCUT2D eigenvalue weighted by molar-refractivity contribution is 9.10. The number of hydrogen-bond donors (Lipinski definition) is 1. The van der Waals surface area contributed by atoms with Crippen molar-refractivity contribution in [3.8, 4) is 6.07 Å². The van der Waals surface area contributed by atoms with Crippen LogP contribution in [0.3, 0.4) is 0 Å². The van der Waals surface area contributed by atoms with Gasteiger partial charge in [0.2, 0.25) is 0 Å². The lowest BCUT2D eigenvalue weighted by atomic mass is 10.1. The molecule has 0 aliphatic heterocycles. The standard InChI is InChI=1S/C15H12BrN3O/c1-10-2-3-13(9-14(10)16)19-15(20)11-5-7-18-12(8-11)4-6-17/h2-3,5,7-9H,4H2,1H3,(H,19,20). The lowest BCUT2D eigenvalue weighted by Gasteiger charge is -2.07. The molecule has 20 heavy (non-hydrogen) atoms. The molecular weight excluding hydrogens is 318 g/mol. The van der Waals surface area contributed by atoms with E-state index in [1.807, 2.05) is 31.2 Å². The van der Waals surface area contributed by atoms with E-state index >= 15 is 0 Å². The van der Waals surface area contributed by atoms with Crippen LogP contribution in [0.4, 0.5) is 5.69 Å². The number of nitriles is 1. The minimum absolute atomic E-state index is 0.192. The van der Waals surface area contributed by atoms with Crippen LogP contribution in [-0.2, 0) is 6.42 Å². The van der Waals surface area contributed by atoms with Crippen molar-refractivity contribution in [2.45, 2.75) is 13.3 Å². The van der Waals surface area contributed by atoms with Gasteiger partial charge in [0.1, 0.15) is 0 Å². The first-order valence-corrected chi connectivity index (χ1v) is 6.79. The molecule has 0 spiro atoms. The molecule has 1 N–H and O–H groups in total. The van der Waals surface area contributed by atoms with Gasteiger partial charge in [0.05, 0.1) is 18.2 Å². The topological polar surface area (TPSA) is 65.8 Å². The largest absolute Gasteiger partial charge is 0.322 e. The van der Waals surface area contributed by atoms with Crippen molar-refractivity contribution in [1.29, 1.82) is 5.26 Å². The third kappa shape index (κ3) is 3.43. The molecule has 0 aliphatic rings. The zero-order chi connectivity index (χ0) is 14.5. The Labute approximate surface area is 125 Å². The third-order valence-electron chi connectivity index (χ3n) is 2.77. The number of aryl methyl sites for hydroxylation is 1. The summed E-state index contributed by atoms with van der Waals surface area (Å²) in [7, 11) is 0. The summed E-state index contributed by atoms with van der Waals surface area (Å²) in [6.07, 6.45) is 1.73. The zero-order valence-electron chi connectivity index (χ0n) is 10.9. The highest BCUT2D eigenvalue weighted by Gasteiger charge is 2.08. The van der Waals surface area contributed by atoms with Crippen LogP contribution in [0.1, 0.15) is 21.6 Å². The van der Waals surface area contributed by atoms with E-state index in [4.69, 9.17) is 5.26 Å². The summed E-state index contributed by atoms with van der Waals surface area (Å²) < 4.78 is 0.940. The third-order valence-corrected chi connectivity index (χ3v) is 3.62.